The Hall–Kier alpha value is -2.40. The Morgan fingerprint density at radius 1 is 1.32 bits per heavy atom. The van der Waals surface area contributed by atoms with Gasteiger partial charge in [0.05, 0.1) is 0 Å². The third-order valence-electron chi connectivity index (χ3n) is 3.02. The molecule has 0 aromatic heterocycles. The second-order valence-electron chi connectivity index (χ2n) is 4.25. The average molecular weight is 252 g/mol. The van der Waals surface area contributed by atoms with Crippen molar-refractivity contribution in [2.45, 2.75) is 6.42 Å². The summed E-state index contributed by atoms with van der Waals surface area (Å²) in [6, 6.07) is 0. The topological polar surface area (TPSA) is 34.1 Å². The third-order valence-corrected chi connectivity index (χ3v) is 3.02. The van der Waals surface area contributed by atoms with Crippen LogP contribution < -0.4 is 0 Å². The summed E-state index contributed by atoms with van der Waals surface area (Å²) in [7, 11) is 0. The SMILES string of the molecule is C=C=CC(=O)C(CC=C)C1(C=C=C)C=CC(=O)C=C1. The number of carbonyl (C=O) groups excluding carboxylic acids is 2. The van der Waals surface area contributed by atoms with Gasteiger partial charge >= 0.3 is 0 Å². The van der Waals surface area contributed by atoms with Gasteiger partial charge in [-0.2, -0.15) is 0 Å². The Balaban J connectivity index is 3.31. The smallest absolute Gasteiger partial charge is 0.178 e. The summed E-state index contributed by atoms with van der Waals surface area (Å²) < 4.78 is 0. The maximum absolute atomic E-state index is 12.2. The Morgan fingerprint density at radius 2 is 1.95 bits per heavy atom. The zero-order valence-corrected chi connectivity index (χ0v) is 10.8. The molecule has 1 rings (SSSR count). The molecule has 0 saturated heterocycles. The van der Waals surface area contributed by atoms with Crippen LogP contribution in [0, 0.1) is 11.3 Å². The normalized spacial score (nSPS) is 16.9. The lowest BCUT2D eigenvalue weighted by molar-refractivity contribution is -0.120. The summed E-state index contributed by atoms with van der Waals surface area (Å²) >= 11 is 0. The second kappa shape index (κ2) is 6.51. The van der Waals surface area contributed by atoms with Crippen LogP contribution in [0.2, 0.25) is 0 Å². The van der Waals surface area contributed by atoms with Crippen molar-refractivity contribution >= 4 is 11.6 Å². The minimum absolute atomic E-state index is 0.0999. The van der Waals surface area contributed by atoms with Crippen molar-refractivity contribution in [1.82, 2.24) is 0 Å². The van der Waals surface area contributed by atoms with E-state index in [0.29, 0.717) is 6.42 Å². The number of hydrogen-bond donors (Lipinski definition) is 0. The highest BCUT2D eigenvalue weighted by Gasteiger charge is 2.36. The molecule has 2 heteroatoms. The quantitative estimate of drug-likeness (QED) is 0.413. The number of allylic oxidation sites excluding steroid dienone is 7. The van der Waals surface area contributed by atoms with Crippen LogP contribution in [0.5, 0.6) is 0 Å². The number of carbonyl (C=O) groups is 2. The molecule has 0 radical (unpaired) electrons. The van der Waals surface area contributed by atoms with E-state index >= 15 is 0 Å². The van der Waals surface area contributed by atoms with Crippen LogP contribution in [0.25, 0.3) is 0 Å². The van der Waals surface area contributed by atoms with E-state index in [9.17, 15) is 9.59 Å². The zero-order valence-electron chi connectivity index (χ0n) is 10.8. The number of hydrogen-bond acceptors (Lipinski definition) is 2. The minimum atomic E-state index is -0.700. The first-order valence-electron chi connectivity index (χ1n) is 5.89. The number of ketones is 2. The van der Waals surface area contributed by atoms with Crippen molar-refractivity contribution in [3.8, 4) is 0 Å². The van der Waals surface area contributed by atoms with E-state index in [1.807, 2.05) is 0 Å². The standard InChI is InChI=1S/C17H16O2/c1-4-7-15(16(19)8-5-2)17(11-6-3)12-9-14(18)10-13-17/h4,8-13,15H,1-3,7H2. The van der Waals surface area contributed by atoms with E-state index in [0.717, 1.165) is 0 Å². The van der Waals surface area contributed by atoms with E-state index in [1.54, 1.807) is 24.3 Å². The highest BCUT2D eigenvalue weighted by molar-refractivity contribution is 6.01. The maximum atomic E-state index is 12.2. The van der Waals surface area contributed by atoms with Gasteiger partial charge in [0.15, 0.2) is 11.6 Å². The molecule has 0 aromatic carbocycles. The molecular formula is C17H16O2. The molecule has 2 nitrogen and oxygen atoms in total. The molecule has 1 atom stereocenters. The van der Waals surface area contributed by atoms with Crippen LogP contribution in [0.4, 0.5) is 0 Å². The van der Waals surface area contributed by atoms with Crippen molar-refractivity contribution in [2.75, 3.05) is 0 Å². The van der Waals surface area contributed by atoms with Crippen LogP contribution in [0.1, 0.15) is 6.42 Å². The second-order valence-corrected chi connectivity index (χ2v) is 4.25. The first-order chi connectivity index (χ1) is 9.09. The van der Waals surface area contributed by atoms with Gasteiger partial charge in [-0.25, -0.2) is 0 Å². The molecule has 0 aliphatic heterocycles. The van der Waals surface area contributed by atoms with Crippen molar-refractivity contribution in [2.24, 2.45) is 11.3 Å². The highest BCUT2D eigenvalue weighted by atomic mass is 16.1. The lowest BCUT2D eigenvalue weighted by Crippen LogP contribution is -2.31. The first-order valence-corrected chi connectivity index (χ1v) is 5.89. The van der Waals surface area contributed by atoms with Crippen LogP contribution >= 0.6 is 0 Å². The van der Waals surface area contributed by atoms with Gasteiger partial charge in [-0.05, 0) is 24.6 Å². The van der Waals surface area contributed by atoms with Crippen LogP contribution in [0.15, 0.2) is 73.7 Å². The van der Waals surface area contributed by atoms with Crippen molar-refractivity contribution < 1.29 is 9.59 Å². The first kappa shape index (κ1) is 14.7. The minimum Gasteiger partial charge on any atom is -0.294 e. The third kappa shape index (κ3) is 3.29. The van der Waals surface area contributed by atoms with Gasteiger partial charge in [0.2, 0.25) is 0 Å². The lowest BCUT2D eigenvalue weighted by Gasteiger charge is -2.31. The fourth-order valence-electron chi connectivity index (χ4n) is 2.10. The van der Waals surface area contributed by atoms with Crippen LogP contribution in [-0.4, -0.2) is 11.6 Å². The predicted molar refractivity (Wildman–Crippen MR) is 76.5 cm³/mol. The van der Waals surface area contributed by atoms with Gasteiger partial charge in [-0.1, -0.05) is 31.4 Å². The molecule has 0 heterocycles. The summed E-state index contributed by atoms with van der Waals surface area (Å²) in [4.78, 5) is 23.4. The molecule has 1 aliphatic carbocycles. The number of rotatable bonds is 6. The molecule has 0 aromatic rings. The largest absolute Gasteiger partial charge is 0.294 e. The molecule has 0 fully saturated rings. The van der Waals surface area contributed by atoms with Crippen LogP contribution in [-0.2, 0) is 9.59 Å². The van der Waals surface area contributed by atoms with Crippen LogP contribution in [0.3, 0.4) is 0 Å². The van der Waals surface area contributed by atoms with Gasteiger partial charge in [0.25, 0.3) is 0 Å². The van der Waals surface area contributed by atoms with Crippen molar-refractivity contribution in [3.05, 3.63) is 73.7 Å². The maximum Gasteiger partial charge on any atom is 0.178 e. The van der Waals surface area contributed by atoms with E-state index in [4.69, 9.17) is 0 Å². The summed E-state index contributed by atoms with van der Waals surface area (Å²) in [6.45, 7) is 10.6. The highest BCUT2D eigenvalue weighted by Crippen LogP contribution is 2.38. The summed E-state index contributed by atoms with van der Waals surface area (Å²) in [6.07, 6.45) is 11.5. The Kier molecular flexibility index (Phi) is 5.02. The molecule has 96 valence electrons. The summed E-state index contributed by atoms with van der Waals surface area (Å²) in [5.74, 6) is -0.628. The lowest BCUT2D eigenvalue weighted by atomic mass is 9.69. The average Bonchev–Trinajstić information content (AvgIpc) is 2.39. The molecule has 0 saturated carbocycles. The Labute approximate surface area is 113 Å². The molecular weight excluding hydrogens is 236 g/mol. The van der Waals surface area contributed by atoms with E-state index in [-0.39, 0.29) is 11.6 Å². The fraction of sp³-hybridized carbons (Fsp3) is 0.176. The Morgan fingerprint density at radius 3 is 2.42 bits per heavy atom. The Bertz CT molecular complexity index is 532. The molecule has 0 amide bonds. The van der Waals surface area contributed by atoms with E-state index in [1.165, 1.54) is 18.2 Å². The molecule has 1 aliphatic rings. The zero-order chi connectivity index (χ0) is 14.3. The van der Waals surface area contributed by atoms with Gasteiger partial charge in [-0.15, -0.1) is 18.0 Å². The van der Waals surface area contributed by atoms with Gasteiger partial charge in [0.1, 0.15) is 0 Å². The molecule has 0 N–H and O–H groups in total. The predicted octanol–water partition coefficient (Wildman–Crippen LogP) is 3.11. The van der Waals surface area contributed by atoms with E-state index in [2.05, 4.69) is 31.2 Å². The van der Waals surface area contributed by atoms with Crippen molar-refractivity contribution in [3.63, 3.8) is 0 Å². The molecule has 19 heavy (non-hydrogen) atoms. The van der Waals surface area contributed by atoms with E-state index < -0.39 is 11.3 Å². The summed E-state index contributed by atoms with van der Waals surface area (Å²) in [5.41, 5.74) is 4.49. The molecule has 0 bridgehead atoms. The van der Waals surface area contributed by atoms with Gasteiger partial charge in [-0.3, -0.25) is 9.59 Å². The monoisotopic (exact) mass is 252 g/mol. The van der Waals surface area contributed by atoms with Crippen molar-refractivity contribution in [1.29, 1.82) is 0 Å². The molecule has 1 unspecified atom stereocenters. The van der Waals surface area contributed by atoms with Gasteiger partial charge < -0.3 is 0 Å². The van der Waals surface area contributed by atoms with Gasteiger partial charge in [0, 0.05) is 17.4 Å². The summed E-state index contributed by atoms with van der Waals surface area (Å²) in [5, 5.41) is 0. The molecule has 0 spiro atoms. The fourth-order valence-corrected chi connectivity index (χ4v) is 2.10.